The van der Waals surface area contributed by atoms with E-state index in [0.29, 0.717) is 18.3 Å². The molecule has 0 spiro atoms. The first kappa shape index (κ1) is 11.9. The van der Waals surface area contributed by atoms with Gasteiger partial charge in [-0.25, -0.2) is 0 Å². The van der Waals surface area contributed by atoms with E-state index in [9.17, 15) is 0 Å². The number of piperazine rings is 1. The molecule has 0 aliphatic carbocycles. The van der Waals surface area contributed by atoms with E-state index in [4.69, 9.17) is 16.7 Å². The van der Waals surface area contributed by atoms with Crippen LogP contribution in [0.15, 0.2) is 4.52 Å². The molecule has 0 aromatic carbocycles. The van der Waals surface area contributed by atoms with E-state index in [1.807, 2.05) is 0 Å². The topological polar surface area (TPSA) is 71.4 Å². The summed E-state index contributed by atoms with van der Waals surface area (Å²) in [6.07, 6.45) is 5.60. The summed E-state index contributed by atoms with van der Waals surface area (Å²) in [5.41, 5.74) is 5.80. The summed E-state index contributed by atoms with van der Waals surface area (Å²) < 4.78 is 5.12. The van der Waals surface area contributed by atoms with Crippen molar-refractivity contribution in [2.45, 2.75) is 12.5 Å². The maximum Gasteiger partial charge on any atom is 0.266 e. The van der Waals surface area contributed by atoms with E-state index < -0.39 is 0 Å². The minimum atomic E-state index is -0.367. The van der Waals surface area contributed by atoms with Crippen LogP contribution < -0.4 is 10.6 Å². The normalized spacial score (nSPS) is 19.0. The van der Waals surface area contributed by atoms with E-state index in [1.165, 1.54) is 0 Å². The second kappa shape index (κ2) is 5.17. The van der Waals surface area contributed by atoms with Crippen LogP contribution in [0, 0.1) is 12.3 Å². The maximum absolute atomic E-state index is 5.80. The minimum Gasteiger partial charge on any atom is -0.336 e. The SMILES string of the molecule is C#CCC(N)c1nc(N2CCN(C)CC2)no1. The van der Waals surface area contributed by atoms with Crippen LogP contribution in [0.2, 0.25) is 0 Å². The van der Waals surface area contributed by atoms with Gasteiger partial charge >= 0.3 is 0 Å². The van der Waals surface area contributed by atoms with Crippen LogP contribution in [0.25, 0.3) is 0 Å². The van der Waals surface area contributed by atoms with Gasteiger partial charge in [0, 0.05) is 32.6 Å². The van der Waals surface area contributed by atoms with Crippen LogP contribution in [0.5, 0.6) is 0 Å². The maximum atomic E-state index is 5.80. The van der Waals surface area contributed by atoms with Gasteiger partial charge < -0.3 is 20.1 Å². The van der Waals surface area contributed by atoms with Crippen molar-refractivity contribution < 1.29 is 4.52 Å². The number of aromatic nitrogens is 2. The van der Waals surface area contributed by atoms with Crippen molar-refractivity contribution in [1.29, 1.82) is 0 Å². The van der Waals surface area contributed by atoms with Gasteiger partial charge in [-0.3, -0.25) is 0 Å². The van der Waals surface area contributed by atoms with Crippen molar-refractivity contribution in [2.75, 3.05) is 38.1 Å². The Hall–Kier alpha value is -1.58. The Labute approximate surface area is 101 Å². The van der Waals surface area contributed by atoms with Gasteiger partial charge in [-0.2, -0.15) is 4.98 Å². The van der Waals surface area contributed by atoms with Gasteiger partial charge in [-0.15, -0.1) is 12.3 Å². The lowest BCUT2D eigenvalue weighted by molar-refractivity contribution is 0.308. The number of rotatable bonds is 3. The summed E-state index contributed by atoms with van der Waals surface area (Å²) in [5, 5.41) is 3.94. The number of terminal acetylenes is 1. The number of nitrogens with zero attached hydrogens (tertiary/aromatic N) is 4. The summed E-state index contributed by atoms with van der Waals surface area (Å²) in [5.74, 6) is 3.51. The predicted molar refractivity (Wildman–Crippen MR) is 64.4 cm³/mol. The summed E-state index contributed by atoms with van der Waals surface area (Å²) in [6.45, 7) is 3.81. The van der Waals surface area contributed by atoms with Crippen molar-refractivity contribution in [3.63, 3.8) is 0 Å². The number of hydrogen-bond acceptors (Lipinski definition) is 6. The highest BCUT2D eigenvalue weighted by Crippen LogP contribution is 2.16. The molecule has 1 aliphatic heterocycles. The number of nitrogens with two attached hydrogens (primary N) is 1. The lowest BCUT2D eigenvalue weighted by Crippen LogP contribution is -2.44. The highest BCUT2D eigenvalue weighted by molar-refractivity contribution is 5.29. The van der Waals surface area contributed by atoms with Gasteiger partial charge in [0.15, 0.2) is 0 Å². The molecule has 6 heteroatoms. The predicted octanol–water partition coefficient (Wildman–Crippen LogP) is -0.155. The van der Waals surface area contributed by atoms with Crippen molar-refractivity contribution >= 4 is 5.95 Å². The van der Waals surface area contributed by atoms with Gasteiger partial charge in [-0.05, 0) is 12.2 Å². The zero-order valence-electron chi connectivity index (χ0n) is 9.96. The van der Waals surface area contributed by atoms with Gasteiger partial charge in [0.05, 0.1) is 6.04 Å². The summed E-state index contributed by atoms with van der Waals surface area (Å²) >= 11 is 0. The third-order valence-electron chi connectivity index (χ3n) is 2.87. The highest BCUT2D eigenvalue weighted by Gasteiger charge is 2.20. The van der Waals surface area contributed by atoms with E-state index in [2.05, 4.69) is 32.9 Å². The molecule has 92 valence electrons. The fourth-order valence-corrected chi connectivity index (χ4v) is 1.73. The zero-order valence-corrected chi connectivity index (χ0v) is 9.96. The molecule has 1 aromatic rings. The van der Waals surface area contributed by atoms with Gasteiger partial charge in [0.25, 0.3) is 5.95 Å². The van der Waals surface area contributed by atoms with Crippen molar-refractivity contribution in [3.05, 3.63) is 5.89 Å². The van der Waals surface area contributed by atoms with Crippen molar-refractivity contribution in [1.82, 2.24) is 15.0 Å². The molecule has 1 aliphatic rings. The first-order valence-electron chi connectivity index (χ1n) is 5.67. The molecular weight excluding hydrogens is 218 g/mol. The van der Waals surface area contributed by atoms with E-state index in [-0.39, 0.29) is 6.04 Å². The number of anilines is 1. The third kappa shape index (κ3) is 2.75. The average Bonchev–Trinajstić information content (AvgIpc) is 2.80. The second-order valence-electron chi connectivity index (χ2n) is 4.24. The fraction of sp³-hybridized carbons (Fsp3) is 0.636. The van der Waals surface area contributed by atoms with Gasteiger partial charge in [0.2, 0.25) is 5.89 Å². The average molecular weight is 235 g/mol. The summed E-state index contributed by atoms with van der Waals surface area (Å²) in [4.78, 5) is 8.64. The molecule has 1 fully saturated rings. The molecule has 17 heavy (non-hydrogen) atoms. The van der Waals surface area contributed by atoms with Crippen LogP contribution >= 0.6 is 0 Å². The second-order valence-corrected chi connectivity index (χ2v) is 4.24. The van der Waals surface area contributed by atoms with Gasteiger partial charge in [0.1, 0.15) is 0 Å². The zero-order chi connectivity index (χ0) is 12.3. The molecular formula is C11H17N5O. The lowest BCUT2D eigenvalue weighted by Gasteiger charge is -2.31. The number of hydrogen-bond donors (Lipinski definition) is 1. The quantitative estimate of drug-likeness (QED) is 0.734. The Kier molecular flexibility index (Phi) is 3.61. The largest absolute Gasteiger partial charge is 0.336 e. The molecule has 0 saturated carbocycles. The Balaban J connectivity index is 2.01. The standard InChI is InChI=1S/C11H17N5O/c1-3-4-9(12)10-13-11(14-17-10)16-7-5-15(2)6-8-16/h1,9H,4-8,12H2,2H3. The van der Waals surface area contributed by atoms with Crippen LogP contribution in [0.3, 0.4) is 0 Å². The Morgan fingerprint density at radius 3 is 2.82 bits per heavy atom. The Morgan fingerprint density at radius 2 is 2.18 bits per heavy atom. The van der Waals surface area contributed by atoms with Gasteiger partial charge in [-0.1, -0.05) is 0 Å². The Morgan fingerprint density at radius 1 is 1.47 bits per heavy atom. The Bertz CT molecular complexity index is 402. The van der Waals surface area contributed by atoms with E-state index in [0.717, 1.165) is 26.2 Å². The molecule has 1 unspecified atom stereocenters. The molecule has 6 nitrogen and oxygen atoms in total. The van der Waals surface area contributed by atoms with Crippen molar-refractivity contribution in [2.24, 2.45) is 5.73 Å². The number of likely N-dealkylation sites (N-methyl/N-ethyl adjacent to an activating group) is 1. The molecule has 2 N–H and O–H groups in total. The molecule has 2 heterocycles. The third-order valence-corrected chi connectivity index (χ3v) is 2.87. The van der Waals surface area contributed by atoms with E-state index >= 15 is 0 Å². The minimum absolute atomic E-state index is 0.367. The van der Waals surface area contributed by atoms with E-state index in [1.54, 1.807) is 0 Å². The monoisotopic (exact) mass is 235 g/mol. The van der Waals surface area contributed by atoms with Crippen LogP contribution in [0.4, 0.5) is 5.95 Å². The molecule has 0 radical (unpaired) electrons. The summed E-state index contributed by atoms with van der Waals surface area (Å²) in [7, 11) is 2.10. The first-order valence-corrected chi connectivity index (χ1v) is 5.67. The van der Waals surface area contributed by atoms with Crippen LogP contribution in [-0.2, 0) is 0 Å². The molecule has 0 bridgehead atoms. The molecule has 1 saturated heterocycles. The fourth-order valence-electron chi connectivity index (χ4n) is 1.73. The first-order chi connectivity index (χ1) is 8.20. The smallest absolute Gasteiger partial charge is 0.266 e. The molecule has 2 rings (SSSR count). The van der Waals surface area contributed by atoms with Crippen LogP contribution in [-0.4, -0.2) is 48.3 Å². The van der Waals surface area contributed by atoms with Crippen molar-refractivity contribution in [3.8, 4) is 12.3 Å². The van der Waals surface area contributed by atoms with Crippen LogP contribution in [0.1, 0.15) is 18.4 Å². The molecule has 1 aromatic heterocycles. The molecule has 1 atom stereocenters. The molecule has 0 amide bonds. The highest BCUT2D eigenvalue weighted by atomic mass is 16.5. The lowest BCUT2D eigenvalue weighted by atomic mass is 10.2. The summed E-state index contributed by atoms with van der Waals surface area (Å²) in [6, 6.07) is -0.367.